The second kappa shape index (κ2) is 10.6. The highest BCUT2D eigenvalue weighted by molar-refractivity contribution is 7.99. The molecule has 0 aromatic heterocycles. The van der Waals surface area contributed by atoms with Gasteiger partial charge < -0.3 is 10.2 Å². The van der Waals surface area contributed by atoms with Crippen molar-refractivity contribution in [3.63, 3.8) is 0 Å². The Labute approximate surface area is 159 Å². The molecular weight excluding hydrogens is 362 g/mol. The standard InChI is InChI=1S/C17H25N3O3S.ClH/c1-3-13(2)16(17(21)19-8-10-24-11-9-19)18-12-14-4-6-15(7-5-14)20(22)23;/h4-7,13,16,18H,3,8-12H2,1-2H3;1H/t13-,16+;/m1./s1. The van der Waals surface area contributed by atoms with E-state index in [4.69, 9.17) is 0 Å². The van der Waals surface area contributed by atoms with Crippen LogP contribution in [0.2, 0.25) is 0 Å². The van der Waals surface area contributed by atoms with Crippen LogP contribution < -0.4 is 5.32 Å². The van der Waals surface area contributed by atoms with Crippen molar-refractivity contribution >= 4 is 35.8 Å². The quantitative estimate of drug-likeness (QED) is 0.574. The summed E-state index contributed by atoms with van der Waals surface area (Å²) in [5.41, 5.74) is 1.02. The minimum atomic E-state index is -0.406. The largest absolute Gasteiger partial charge is 0.340 e. The maximum Gasteiger partial charge on any atom is 0.269 e. The highest BCUT2D eigenvalue weighted by Gasteiger charge is 2.28. The van der Waals surface area contributed by atoms with Gasteiger partial charge in [-0.3, -0.25) is 14.9 Å². The van der Waals surface area contributed by atoms with E-state index in [1.54, 1.807) is 12.1 Å². The number of carbonyl (C=O) groups excluding carboxylic acids is 1. The molecule has 0 spiro atoms. The van der Waals surface area contributed by atoms with Crippen LogP contribution in [0.15, 0.2) is 24.3 Å². The molecule has 1 fully saturated rings. The van der Waals surface area contributed by atoms with Crippen molar-refractivity contribution in [2.45, 2.75) is 32.9 Å². The fourth-order valence-electron chi connectivity index (χ4n) is 2.71. The van der Waals surface area contributed by atoms with Crippen LogP contribution in [-0.2, 0) is 11.3 Å². The minimum absolute atomic E-state index is 0. The van der Waals surface area contributed by atoms with Crippen molar-refractivity contribution in [2.75, 3.05) is 24.6 Å². The lowest BCUT2D eigenvalue weighted by Gasteiger charge is -2.33. The SMILES string of the molecule is CC[C@@H](C)[C@H](NCc1ccc([N+](=O)[O-])cc1)C(=O)N1CCSCC1.Cl. The Morgan fingerprint density at radius 2 is 1.92 bits per heavy atom. The van der Waals surface area contributed by atoms with E-state index < -0.39 is 4.92 Å². The summed E-state index contributed by atoms with van der Waals surface area (Å²) in [4.78, 5) is 25.1. The molecular formula is C17H26ClN3O3S. The van der Waals surface area contributed by atoms with Gasteiger partial charge in [-0.2, -0.15) is 11.8 Å². The predicted octanol–water partition coefficient (Wildman–Crippen LogP) is 3.10. The number of hydrogen-bond acceptors (Lipinski definition) is 5. The maximum atomic E-state index is 12.8. The third-order valence-electron chi connectivity index (χ3n) is 4.48. The summed E-state index contributed by atoms with van der Waals surface area (Å²) in [6, 6.07) is 6.26. The van der Waals surface area contributed by atoms with E-state index in [0.29, 0.717) is 6.54 Å². The molecule has 1 amide bonds. The van der Waals surface area contributed by atoms with Crippen LogP contribution >= 0.6 is 24.2 Å². The number of nitrogens with zero attached hydrogens (tertiary/aromatic N) is 2. The van der Waals surface area contributed by atoms with Gasteiger partial charge in [-0.05, 0) is 11.5 Å². The van der Waals surface area contributed by atoms with Gasteiger partial charge in [0, 0.05) is 43.3 Å². The Morgan fingerprint density at radius 1 is 1.32 bits per heavy atom. The number of nitrogens with one attached hydrogen (secondary N) is 1. The Bertz CT molecular complexity index is 565. The molecule has 1 aromatic carbocycles. The van der Waals surface area contributed by atoms with E-state index in [1.807, 2.05) is 16.7 Å². The van der Waals surface area contributed by atoms with Crippen LogP contribution in [-0.4, -0.2) is 46.4 Å². The number of benzene rings is 1. The van der Waals surface area contributed by atoms with E-state index in [2.05, 4.69) is 19.2 Å². The van der Waals surface area contributed by atoms with Crippen LogP contribution in [0.25, 0.3) is 0 Å². The highest BCUT2D eigenvalue weighted by Crippen LogP contribution is 2.17. The van der Waals surface area contributed by atoms with Crippen molar-refractivity contribution < 1.29 is 9.72 Å². The summed E-state index contributed by atoms with van der Waals surface area (Å²) in [6.07, 6.45) is 0.923. The Kier molecular flexibility index (Phi) is 9.24. The zero-order valence-corrected chi connectivity index (χ0v) is 16.3. The molecule has 0 bridgehead atoms. The summed E-state index contributed by atoms with van der Waals surface area (Å²) in [6.45, 7) is 6.33. The zero-order valence-electron chi connectivity index (χ0n) is 14.6. The number of non-ortho nitro benzene ring substituents is 1. The number of nitro benzene ring substituents is 1. The highest BCUT2D eigenvalue weighted by atomic mass is 35.5. The van der Waals surface area contributed by atoms with Gasteiger partial charge >= 0.3 is 0 Å². The second-order valence-corrected chi connectivity index (χ2v) is 7.33. The third-order valence-corrected chi connectivity index (χ3v) is 5.42. The van der Waals surface area contributed by atoms with Crippen molar-refractivity contribution in [1.82, 2.24) is 10.2 Å². The lowest BCUT2D eigenvalue weighted by Crippen LogP contribution is -2.51. The molecule has 0 unspecified atom stereocenters. The van der Waals surface area contributed by atoms with E-state index in [0.717, 1.165) is 36.6 Å². The number of nitro groups is 1. The van der Waals surface area contributed by atoms with Gasteiger partial charge in [0.15, 0.2) is 0 Å². The average Bonchev–Trinajstić information content (AvgIpc) is 2.62. The van der Waals surface area contributed by atoms with Gasteiger partial charge in [0.1, 0.15) is 0 Å². The molecule has 6 nitrogen and oxygen atoms in total. The number of thioether (sulfide) groups is 1. The predicted molar refractivity (Wildman–Crippen MR) is 104 cm³/mol. The van der Waals surface area contributed by atoms with Crippen LogP contribution in [0.4, 0.5) is 5.69 Å². The number of carbonyl (C=O) groups is 1. The van der Waals surface area contributed by atoms with Crippen molar-refractivity contribution in [1.29, 1.82) is 0 Å². The molecule has 8 heteroatoms. The summed E-state index contributed by atoms with van der Waals surface area (Å²) < 4.78 is 0. The third kappa shape index (κ3) is 6.17. The van der Waals surface area contributed by atoms with Gasteiger partial charge in [0.2, 0.25) is 5.91 Å². The fraction of sp³-hybridized carbons (Fsp3) is 0.588. The second-order valence-electron chi connectivity index (χ2n) is 6.11. The first-order valence-electron chi connectivity index (χ1n) is 8.36. The van der Waals surface area contributed by atoms with E-state index >= 15 is 0 Å². The van der Waals surface area contributed by atoms with Crippen LogP contribution in [0.3, 0.4) is 0 Å². The van der Waals surface area contributed by atoms with Crippen molar-refractivity contribution in [2.24, 2.45) is 5.92 Å². The minimum Gasteiger partial charge on any atom is -0.340 e. The zero-order chi connectivity index (χ0) is 17.5. The normalized spacial score (nSPS) is 16.6. The first-order valence-corrected chi connectivity index (χ1v) is 9.51. The number of halogens is 1. The number of hydrogen-bond donors (Lipinski definition) is 1. The fourth-order valence-corrected chi connectivity index (χ4v) is 3.61. The van der Waals surface area contributed by atoms with Crippen LogP contribution in [0.5, 0.6) is 0 Å². The Morgan fingerprint density at radius 3 is 2.44 bits per heavy atom. The van der Waals surface area contributed by atoms with Gasteiger partial charge in [-0.25, -0.2) is 0 Å². The molecule has 0 radical (unpaired) electrons. The molecule has 0 saturated carbocycles. The molecule has 2 atom stereocenters. The average molecular weight is 388 g/mol. The first-order chi connectivity index (χ1) is 11.5. The number of rotatable bonds is 7. The monoisotopic (exact) mass is 387 g/mol. The molecule has 2 rings (SSSR count). The molecule has 1 saturated heterocycles. The molecule has 25 heavy (non-hydrogen) atoms. The van der Waals surface area contributed by atoms with Crippen molar-refractivity contribution in [3.05, 3.63) is 39.9 Å². The van der Waals surface area contributed by atoms with Crippen molar-refractivity contribution in [3.8, 4) is 0 Å². The summed E-state index contributed by atoms with van der Waals surface area (Å²) in [5.74, 6) is 2.42. The molecule has 1 heterocycles. The Hall–Kier alpha value is -1.31. The molecule has 0 aliphatic carbocycles. The lowest BCUT2D eigenvalue weighted by molar-refractivity contribution is -0.384. The summed E-state index contributed by atoms with van der Waals surface area (Å²) in [7, 11) is 0. The lowest BCUT2D eigenvalue weighted by atomic mass is 9.97. The van der Waals surface area contributed by atoms with Crippen LogP contribution in [0.1, 0.15) is 25.8 Å². The van der Waals surface area contributed by atoms with Gasteiger partial charge in [0.05, 0.1) is 11.0 Å². The van der Waals surface area contributed by atoms with Gasteiger partial charge in [-0.1, -0.05) is 32.4 Å². The molecule has 1 aliphatic heterocycles. The topological polar surface area (TPSA) is 75.5 Å². The maximum absolute atomic E-state index is 12.8. The van der Waals surface area contributed by atoms with E-state index in [9.17, 15) is 14.9 Å². The summed E-state index contributed by atoms with van der Waals surface area (Å²) >= 11 is 1.89. The molecule has 140 valence electrons. The van der Waals surface area contributed by atoms with Crippen LogP contribution in [0, 0.1) is 16.0 Å². The van der Waals surface area contributed by atoms with E-state index in [1.165, 1.54) is 12.1 Å². The number of amides is 1. The molecule has 1 aromatic rings. The smallest absolute Gasteiger partial charge is 0.269 e. The molecule has 1 aliphatic rings. The van der Waals surface area contributed by atoms with Gasteiger partial charge in [-0.15, -0.1) is 12.4 Å². The molecule has 1 N–H and O–H groups in total. The van der Waals surface area contributed by atoms with E-state index in [-0.39, 0.29) is 36.0 Å². The van der Waals surface area contributed by atoms with Gasteiger partial charge in [0.25, 0.3) is 5.69 Å². The summed E-state index contributed by atoms with van der Waals surface area (Å²) in [5, 5.41) is 14.1. The first kappa shape index (κ1) is 21.7. The Balaban J connectivity index is 0.00000312.